The van der Waals surface area contributed by atoms with Gasteiger partial charge in [0, 0.05) is 22.2 Å². The maximum absolute atomic E-state index is 5.03. The summed E-state index contributed by atoms with van der Waals surface area (Å²) in [6, 6.07) is 32.4. The van der Waals surface area contributed by atoms with Gasteiger partial charge in [0.25, 0.3) is 0 Å². The van der Waals surface area contributed by atoms with E-state index in [0.717, 1.165) is 45.0 Å². The fraction of sp³-hybridized carbons (Fsp3) is 0.214. The van der Waals surface area contributed by atoms with Crippen molar-refractivity contribution in [3.8, 4) is 22.5 Å². The van der Waals surface area contributed by atoms with Gasteiger partial charge in [-0.05, 0) is 24.3 Å². The molecule has 5 rings (SSSR count). The summed E-state index contributed by atoms with van der Waals surface area (Å²) in [6.07, 6.45) is 0. The van der Waals surface area contributed by atoms with Crippen LogP contribution in [0.3, 0.4) is 0 Å². The van der Waals surface area contributed by atoms with E-state index in [4.69, 9.17) is 9.97 Å². The SMILES string of the molecule is CC1(C)c2[c-]c(ccc2)-c2[c-]c(ccc2)C(C)(C)c2cccc(n2)-c2cccc1n2.[Pt+2]. The molecule has 2 nitrogen and oxygen atoms in total. The van der Waals surface area contributed by atoms with Crippen LogP contribution in [0.1, 0.15) is 50.2 Å². The van der Waals surface area contributed by atoms with Crippen molar-refractivity contribution in [1.29, 1.82) is 0 Å². The molecule has 4 aromatic rings. The van der Waals surface area contributed by atoms with E-state index in [-0.39, 0.29) is 31.9 Å². The van der Waals surface area contributed by atoms with E-state index < -0.39 is 0 Å². The molecule has 1 aliphatic rings. The quantitative estimate of drug-likeness (QED) is 0.225. The van der Waals surface area contributed by atoms with Gasteiger partial charge in [-0.25, -0.2) is 11.1 Å². The van der Waals surface area contributed by atoms with Gasteiger partial charge in [0.1, 0.15) is 0 Å². The van der Waals surface area contributed by atoms with Gasteiger partial charge in [-0.15, -0.1) is 23.3 Å². The fourth-order valence-electron chi connectivity index (χ4n) is 4.11. The van der Waals surface area contributed by atoms with Gasteiger partial charge in [-0.2, -0.15) is 36.4 Å². The number of aromatic nitrogens is 2. The normalized spacial score (nSPS) is 15.4. The number of fused-ring (bicyclic) bond motifs is 10. The molecule has 2 aromatic carbocycles. The fourth-order valence-corrected chi connectivity index (χ4v) is 4.11. The van der Waals surface area contributed by atoms with Crippen molar-refractivity contribution in [2.75, 3.05) is 0 Å². The molecule has 0 unspecified atom stereocenters. The van der Waals surface area contributed by atoms with E-state index in [2.05, 4.69) is 100 Å². The van der Waals surface area contributed by atoms with Crippen molar-refractivity contribution >= 4 is 0 Å². The molecule has 0 spiro atoms. The number of rotatable bonds is 0. The molecule has 0 radical (unpaired) electrons. The first-order valence-corrected chi connectivity index (χ1v) is 10.4. The van der Waals surface area contributed by atoms with E-state index in [0.29, 0.717) is 0 Å². The Morgan fingerprint density at radius 3 is 1.35 bits per heavy atom. The zero-order valence-electron chi connectivity index (χ0n) is 18.1. The van der Waals surface area contributed by atoms with Crippen LogP contribution in [0.5, 0.6) is 0 Å². The second-order valence-corrected chi connectivity index (χ2v) is 9.02. The molecule has 0 amide bonds. The molecule has 0 atom stereocenters. The Bertz CT molecular complexity index is 1060. The molecule has 8 bridgehead atoms. The van der Waals surface area contributed by atoms with Crippen LogP contribution >= 0.6 is 0 Å². The van der Waals surface area contributed by atoms with Crippen LogP contribution in [0.15, 0.2) is 72.8 Å². The van der Waals surface area contributed by atoms with Crippen molar-refractivity contribution < 1.29 is 21.1 Å². The van der Waals surface area contributed by atoms with Gasteiger partial charge in [0.05, 0.1) is 11.4 Å². The molecule has 3 heteroatoms. The third kappa shape index (κ3) is 3.68. The molecule has 0 aliphatic carbocycles. The summed E-state index contributed by atoms with van der Waals surface area (Å²) in [5.74, 6) is 0. The Morgan fingerprint density at radius 2 is 0.935 bits per heavy atom. The molecule has 31 heavy (non-hydrogen) atoms. The molecular formula is C28H24N2Pt. The summed E-state index contributed by atoms with van der Waals surface area (Å²) in [5, 5.41) is 0. The van der Waals surface area contributed by atoms with Crippen LogP contribution in [-0.2, 0) is 31.9 Å². The van der Waals surface area contributed by atoms with E-state index in [1.807, 2.05) is 12.1 Å². The second-order valence-electron chi connectivity index (χ2n) is 9.02. The van der Waals surface area contributed by atoms with Gasteiger partial charge in [0.2, 0.25) is 0 Å². The van der Waals surface area contributed by atoms with Gasteiger partial charge in [0.15, 0.2) is 0 Å². The standard InChI is InChI=1S/C28H24N2.Pt/c1-27(2)21-11-5-9-19(17-21)20-10-6-12-22(18-20)28(3,4)26-16-8-14-24(30-26)23-13-7-15-25(27)29-23;/h5-16H,1-4H3;/q-2;+2. The molecule has 0 N–H and O–H groups in total. The number of hydrogen-bond acceptors (Lipinski definition) is 2. The van der Waals surface area contributed by atoms with Gasteiger partial charge in [-0.3, -0.25) is 9.97 Å². The predicted octanol–water partition coefficient (Wildman–Crippen LogP) is 6.37. The van der Waals surface area contributed by atoms with Crippen LogP contribution in [0.2, 0.25) is 0 Å². The Balaban J connectivity index is 0.00000231. The molecule has 0 saturated carbocycles. The summed E-state index contributed by atoms with van der Waals surface area (Å²) in [5.41, 5.74) is 7.55. The van der Waals surface area contributed by atoms with Gasteiger partial charge >= 0.3 is 21.1 Å². The Hall–Kier alpha value is -2.57. The van der Waals surface area contributed by atoms with E-state index in [1.165, 1.54) is 0 Å². The first-order valence-electron chi connectivity index (χ1n) is 10.4. The van der Waals surface area contributed by atoms with E-state index in [9.17, 15) is 0 Å². The third-order valence-electron chi connectivity index (χ3n) is 6.27. The zero-order chi connectivity index (χ0) is 20.9. The minimum Gasteiger partial charge on any atom is -0.250 e. The average molecular weight is 584 g/mol. The maximum Gasteiger partial charge on any atom is 2.00 e. The number of pyridine rings is 2. The van der Waals surface area contributed by atoms with Crippen molar-refractivity contribution in [2.24, 2.45) is 0 Å². The smallest absolute Gasteiger partial charge is 0.250 e. The summed E-state index contributed by atoms with van der Waals surface area (Å²) in [6.45, 7) is 8.81. The van der Waals surface area contributed by atoms with Crippen molar-refractivity contribution in [3.05, 3.63) is 107 Å². The summed E-state index contributed by atoms with van der Waals surface area (Å²) < 4.78 is 0. The monoisotopic (exact) mass is 583 g/mol. The summed E-state index contributed by atoms with van der Waals surface area (Å²) >= 11 is 0. The van der Waals surface area contributed by atoms with Crippen molar-refractivity contribution in [3.63, 3.8) is 0 Å². The number of hydrogen-bond donors (Lipinski definition) is 0. The molecule has 2 aromatic heterocycles. The Kier molecular flexibility index (Phi) is 5.48. The van der Waals surface area contributed by atoms with Crippen LogP contribution in [0.4, 0.5) is 0 Å². The molecule has 0 saturated heterocycles. The second kappa shape index (κ2) is 7.84. The van der Waals surface area contributed by atoms with Crippen LogP contribution in [-0.4, -0.2) is 9.97 Å². The first-order chi connectivity index (χ1) is 14.4. The minimum absolute atomic E-state index is 0. The molecular weight excluding hydrogens is 559 g/mol. The van der Waals surface area contributed by atoms with Crippen molar-refractivity contribution in [2.45, 2.75) is 38.5 Å². The number of benzene rings is 2. The third-order valence-corrected chi connectivity index (χ3v) is 6.27. The van der Waals surface area contributed by atoms with Gasteiger partial charge in [-0.1, -0.05) is 39.8 Å². The topological polar surface area (TPSA) is 25.8 Å². The predicted molar refractivity (Wildman–Crippen MR) is 121 cm³/mol. The van der Waals surface area contributed by atoms with E-state index in [1.54, 1.807) is 0 Å². The van der Waals surface area contributed by atoms with Crippen molar-refractivity contribution in [1.82, 2.24) is 9.97 Å². The van der Waals surface area contributed by atoms with Gasteiger partial charge < -0.3 is 0 Å². The van der Waals surface area contributed by atoms with E-state index >= 15 is 0 Å². The van der Waals surface area contributed by atoms with Crippen LogP contribution in [0, 0.1) is 12.1 Å². The summed E-state index contributed by atoms with van der Waals surface area (Å²) in [4.78, 5) is 10.1. The molecule has 156 valence electrons. The number of nitrogens with zero attached hydrogens (tertiary/aromatic N) is 2. The largest absolute Gasteiger partial charge is 2.00 e. The Morgan fingerprint density at radius 1 is 0.548 bits per heavy atom. The molecule has 3 heterocycles. The molecule has 1 aliphatic heterocycles. The average Bonchev–Trinajstić information content (AvgIpc) is 2.79. The Labute approximate surface area is 199 Å². The van der Waals surface area contributed by atoms with Crippen LogP contribution < -0.4 is 0 Å². The zero-order valence-corrected chi connectivity index (χ0v) is 20.4. The molecule has 0 fully saturated rings. The van der Waals surface area contributed by atoms with Crippen LogP contribution in [0.25, 0.3) is 22.5 Å². The maximum atomic E-state index is 5.03. The minimum atomic E-state index is -0.287. The first kappa shape index (κ1) is 21.7. The summed E-state index contributed by atoms with van der Waals surface area (Å²) in [7, 11) is 0.